The molecule has 0 unspecified atom stereocenters. The summed E-state index contributed by atoms with van der Waals surface area (Å²) in [6.07, 6.45) is 11.2. The van der Waals surface area contributed by atoms with Gasteiger partial charge in [0, 0.05) is 20.0 Å². The summed E-state index contributed by atoms with van der Waals surface area (Å²) in [5.74, 6) is 0. The van der Waals surface area contributed by atoms with Crippen LogP contribution in [0.1, 0.15) is 6.42 Å². The molecule has 58 valence electrons. The van der Waals surface area contributed by atoms with E-state index in [4.69, 9.17) is 0 Å². The minimum absolute atomic E-state index is 0.982. The van der Waals surface area contributed by atoms with Gasteiger partial charge >= 0.3 is 0 Å². The molecule has 0 spiro atoms. The fraction of sp³-hybridized carbons (Fsp3) is 0.222. The zero-order chi connectivity index (χ0) is 8.10. The average molecular weight is 148 g/mol. The van der Waals surface area contributed by atoms with Crippen molar-refractivity contribution in [3.63, 3.8) is 0 Å². The van der Waals surface area contributed by atoms with E-state index < -0.39 is 0 Å². The molecule has 0 radical (unpaired) electrons. The fourth-order valence-corrected chi connectivity index (χ4v) is 0.906. The molecule has 1 aliphatic carbocycles. The van der Waals surface area contributed by atoms with E-state index in [0.717, 1.165) is 6.42 Å². The van der Waals surface area contributed by atoms with Crippen molar-refractivity contribution < 1.29 is 0 Å². The van der Waals surface area contributed by atoms with Crippen LogP contribution in [0, 0.1) is 0 Å². The molecule has 0 heterocycles. The van der Waals surface area contributed by atoms with Gasteiger partial charge in [-0.2, -0.15) is 5.10 Å². The minimum atomic E-state index is 0.982. The Morgan fingerprint density at radius 3 is 3.00 bits per heavy atom. The number of nitrogens with zero attached hydrogens (tertiary/aromatic N) is 2. The molecule has 2 nitrogen and oxygen atoms in total. The van der Waals surface area contributed by atoms with Gasteiger partial charge in [-0.25, -0.2) is 0 Å². The third-order valence-corrected chi connectivity index (χ3v) is 1.49. The van der Waals surface area contributed by atoms with Crippen LogP contribution >= 0.6 is 0 Å². The molecule has 0 N–H and O–H groups in total. The Labute approximate surface area is 67.2 Å². The summed E-state index contributed by atoms with van der Waals surface area (Å²) in [4.78, 5) is 0. The van der Waals surface area contributed by atoms with Gasteiger partial charge in [-0.1, -0.05) is 24.3 Å². The van der Waals surface area contributed by atoms with Crippen LogP contribution in [0.25, 0.3) is 0 Å². The predicted octanol–water partition coefficient (Wildman–Crippen LogP) is 1.93. The van der Waals surface area contributed by atoms with Crippen LogP contribution in [0.5, 0.6) is 0 Å². The molecule has 0 fully saturated rings. The summed E-state index contributed by atoms with van der Waals surface area (Å²) in [5.41, 5.74) is 1.25. The van der Waals surface area contributed by atoms with Crippen molar-refractivity contribution in [2.45, 2.75) is 6.42 Å². The first-order chi connectivity index (χ1) is 5.33. The number of rotatable bonds is 2. The van der Waals surface area contributed by atoms with Crippen LogP contribution in [0.3, 0.4) is 0 Å². The van der Waals surface area contributed by atoms with Crippen molar-refractivity contribution in [1.29, 1.82) is 0 Å². The van der Waals surface area contributed by atoms with E-state index in [1.165, 1.54) is 5.57 Å². The molecule has 0 saturated heterocycles. The van der Waals surface area contributed by atoms with Crippen molar-refractivity contribution in [1.82, 2.24) is 5.01 Å². The first kappa shape index (κ1) is 7.79. The molecular formula is C9H12N2. The third kappa shape index (κ3) is 2.42. The largest absolute Gasteiger partial charge is 0.276 e. The van der Waals surface area contributed by atoms with Crippen LogP contribution in [-0.4, -0.2) is 18.8 Å². The molecule has 0 aromatic carbocycles. The van der Waals surface area contributed by atoms with Crippen LogP contribution in [-0.2, 0) is 0 Å². The van der Waals surface area contributed by atoms with Crippen molar-refractivity contribution in [3.05, 3.63) is 36.1 Å². The van der Waals surface area contributed by atoms with E-state index in [1.807, 2.05) is 25.4 Å². The Morgan fingerprint density at radius 1 is 1.64 bits per heavy atom. The lowest BCUT2D eigenvalue weighted by Crippen LogP contribution is -2.01. The SMILES string of the molecule is C=NN(C)/C=C1/C=CC=CC1. The maximum absolute atomic E-state index is 3.73. The molecule has 0 atom stereocenters. The summed E-state index contributed by atoms with van der Waals surface area (Å²) in [6, 6.07) is 0. The maximum atomic E-state index is 3.73. The number of hydrogen-bond acceptors (Lipinski definition) is 2. The maximum Gasteiger partial charge on any atom is 0.0296 e. The Kier molecular flexibility index (Phi) is 2.66. The average Bonchev–Trinajstić information content (AvgIpc) is 2.06. The van der Waals surface area contributed by atoms with Gasteiger partial charge in [0.15, 0.2) is 0 Å². The second-order valence-electron chi connectivity index (χ2n) is 2.41. The summed E-state index contributed by atoms with van der Waals surface area (Å²) in [5, 5.41) is 5.44. The van der Waals surface area contributed by atoms with E-state index in [0.29, 0.717) is 0 Å². The van der Waals surface area contributed by atoms with E-state index in [9.17, 15) is 0 Å². The van der Waals surface area contributed by atoms with E-state index in [1.54, 1.807) is 5.01 Å². The van der Waals surface area contributed by atoms with Crippen molar-refractivity contribution in [2.75, 3.05) is 7.05 Å². The molecule has 2 heteroatoms. The highest BCUT2D eigenvalue weighted by Crippen LogP contribution is 2.10. The zero-order valence-corrected chi connectivity index (χ0v) is 6.70. The molecule has 0 aliphatic heterocycles. The van der Waals surface area contributed by atoms with Gasteiger partial charge in [0.1, 0.15) is 0 Å². The third-order valence-electron chi connectivity index (χ3n) is 1.49. The molecule has 0 saturated carbocycles. The fourth-order valence-electron chi connectivity index (χ4n) is 0.906. The van der Waals surface area contributed by atoms with E-state index in [2.05, 4.69) is 24.0 Å². The lowest BCUT2D eigenvalue weighted by Gasteiger charge is -2.08. The van der Waals surface area contributed by atoms with Crippen LogP contribution in [0.15, 0.2) is 41.2 Å². The molecule has 0 aromatic rings. The molecule has 1 aliphatic rings. The van der Waals surface area contributed by atoms with Crippen molar-refractivity contribution >= 4 is 6.72 Å². The van der Waals surface area contributed by atoms with Gasteiger partial charge in [0.05, 0.1) is 0 Å². The van der Waals surface area contributed by atoms with Crippen LogP contribution in [0.4, 0.5) is 0 Å². The monoisotopic (exact) mass is 148 g/mol. The second kappa shape index (κ2) is 3.76. The quantitative estimate of drug-likeness (QED) is 0.431. The molecule has 11 heavy (non-hydrogen) atoms. The molecule has 0 amide bonds. The summed E-state index contributed by atoms with van der Waals surface area (Å²) >= 11 is 0. The topological polar surface area (TPSA) is 15.6 Å². The van der Waals surface area contributed by atoms with Crippen molar-refractivity contribution in [2.24, 2.45) is 5.10 Å². The normalized spacial score (nSPS) is 18.8. The van der Waals surface area contributed by atoms with Gasteiger partial charge in [0.25, 0.3) is 0 Å². The van der Waals surface area contributed by atoms with Gasteiger partial charge in [-0.3, -0.25) is 5.01 Å². The van der Waals surface area contributed by atoms with E-state index in [-0.39, 0.29) is 0 Å². The van der Waals surface area contributed by atoms with Gasteiger partial charge < -0.3 is 0 Å². The number of hydrazone groups is 1. The van der Waals surface area contributed by atoms with Gasteiger partial charge in [0.2, 0.25) is 0 Å². The standard InChI is InChI=1S/C9H12N2/c1-10-11(2)8-9-6-4-3-5-7-9/h3-6,8H,1,7H2,2H3/b9-8-. The van der Waals surface area contributed by atoms with Crippen molar-refractivity contribution in [3.8, 4) is 0 Å². The molecular weight excluding hydrogens is 136 g/mol. The Morgan fingerprint density at radius 2 is 2.45 bits per heavy atom. The highest BCUT2D eigenvalue weighted by Gasteiger charge is 1.93. The predicted molar refractivity (Wildman–Crippen MR) is 48.3 cm³/mol. The summed E-state index contributed by atoms with van der Waals surface area (Å²) < 4.78 is 0. The number of allylic oxidation sites excluding steroid dienone is 5. The first-order valence-electron chi connectivity index (χ1n) is 3.56. The second-order valence-corrected chi connectivity index (χ2v) is 2.41. The molecule has 0 bridgehead atoms. The van der Waals surface area contributed by atoms with Gasteiger partial charge in [-0.15, -0.1) is 0 Å². The zero-order valence-electron chi connectivity index (χ0n) is 6.70. The minimum Gasteiger partial charge on any atom is -0.276 e. The van der Waals surface area contributed by atoms with Crippen LogP contribution in [0.2, 0.25) is 0 Å². The Bertz CT molecular complexity index is 224. The smallest absolute Gasteiger partial charge is 0.0296 e. The van der Waals surface area contributed by atoms with E-state index >= 15 is 0 Å². The van der Waals surface area contributed by atoms with Gasteiger partial charge in [-0.05, 0) is 12.0 Å². The highest BCUT2D eigenvalue weighted by atomic mass is 15.4. The highest BCUT2D eigenvalue weighted by molar-refractivity contribution is 5.29. The molecule has 0 aromatic heterocycles. The lowest BCUT2D eigenvalue weighted by atomic mass is 10.1. The first-order valence-corrected chi connectivity index (χ1v) is 3.56. The summed E-state index contributed by atoms with van der Waals surface area (Å²) in [7, 11) is 1.87. The van der Waals surface area contributed by atoms with Crippen LogP contribution < -0.4 is 0 Å². The molecule has 1 rings (SSSR count). The number of hydrogen-bond donors (Lipinski definition) is 0. The summed E-state index contributed by atoms with van der Waals surface area (Å²) in [6.45, 7) is 3.42. The Balaban J connectivity index is 2.60. The Hall–Kier alpha value is -1.31. The lowest BCUT2D eigenvalue weighted by molar-refractivity contribution is 0.491.